The van der Waals surface area contributed by atoms with Crippen LogP contribution in [0.5, 0.6) is 0 Å². The average Bonchev–Trinajstić information content (AvgIpc) is 3.04. The number of rotatable bonds is 5. The quantitative estimate of drug-likeness (QED) is 0.738. The predicted octanol–water partition coefficient (Wildman–Crippen LogP) is 3.29. The van der Waals surface area contributed by atoms with Gasteiger partial charge in [0.1, 0.15) is 0 Å². The van der Waals surface area contributed by atoms with Crippen LogP contribution >= 0.6 is 15.9 Å². The van der Waals surface area contributed by atoms with Gasteiger partial charge < -0.3 is 15.0 Å². The highest BCUT2D eigenvalue weighted by Crippen LogP contribution is 2.28. The highest BCUT2D eigenvalue weighted by atomic mass is 79.9. The second kappa shape index (κ2) is 8.35. The molecule has 6 nitrogen and oxygen atoms in total. The number of aryl methyl sites for hydroxylation is 1. The third-order valence-electron chi connectivity index (χ3n) is 4.34. The zero-order valence-electron chi connectivity index (χ0n) is 14.8. The number of amides is 2. The fourth-order valence-electron chi connectivity index (χ4n) is 2.95. The van der Waals surface area contributed by atoms with E-state index in [0.29, 0.717) is 5.69 Å². The largest absolute Gasteiger partial charge is 0.455 e. The molecule has 3 rings (SSSR count). The van der Waals surface area contributed by atoms with Crippen molar-refractivity contribution in [2.45, 2.75) is 13.3 Å². The second-order valence-electron chi connectivity index (χ2n) is 6.35. The number of anilines is 2. The molecule has 1 atom stereocenters. The summed E-state index contributed by atoms with van der Waals surface area (Å²) in [5.74, 6) is -1.65. The molecule has 1 saturated heterocycles. The van der Waals surface area contributed by atoms with Crippen molar-refractivity contribution >= 4 is 45.1 Å². The first kappa shape index (κ1) is 19.1. The van der Waals surface area contributed by atoms with E-state index in [-0.39, 0.29) is 25.5 Å². The van der Waals surface area contributed by atoms with Crippen molar-refractivity contribution in [3.63, 3.8) is 0 Å². The minimum absolute atomic E-state index is 0.0848. The molecule has 1 aliphatic heterocycles. The molecule has 1 N–H and O–H groups in total. The number of carbonyl (C=O) groups excluding carboxylic acids is 3. The minimum Gasteiger partial charge on any atom is -0.455 e. The molecule has 2 aromatic carbocycles. The van der Waals surface area contributed by atoms with E-state index < -0.39 is 17.8 Å². The van der Waals surface area contributed by atoms with E-state index in [0.717, 1.165) is 15.7 Å². The van der Waals surface area contributed by atoms with Crippen molar-refractivity contribution in [1.82, 2.24) is 0 Å². The smallest absolute Gasteiger partial charge is 0.311 e. The standard InChI is InChI=1S/C20H19BrN2O4/c1-13-4-2-3-5-17(13)23-11-14(10-19(23)25)20(26)27-12-18(24)22-16-8-6-15(21)7-9-16/h2-9,14H,10-12H2,1H3,(H,22,24)/t14-/m1/s1. The number of esters is 1. The molecule has 0 bridgehead atoms. The highest BCUT2D eigenvalue weighted by Gasteiger charge is 2.36. The lowest BCUT2D eigenvalue weighted by molar-refractivity contribution is -0.151. The second-order valence-corrected chi connectivity index (χ2v) is 7.27. The van der Waals surface area contributed by atoms with E-state index in [1.807, 2.05) is 31.2 Å². The Hall–Kier alpha value is -2.67. The van der Waals surface area contributed by atoms with Crippen molar-refractivity contribution < 1.29 is 19.1 Å². The number of nitrogens with zero attached hydrogens (tertiary/aromatic N) is 1. The van der Waals surface area contributed by atoms with Crippen LogP contribution in [0.25, 0.3) is 0 Å². The maximum atomic E-state index is 12.3. The molecular formula is C20H19BrN2O4. The summed E-state index contributed by atoms with van der Waals surface area (Å²) in [4.78, 5) is 38.1. The number of nitrogens with one attached hydrogen (secondary N) is 1. The molecule has 1 aliphatic rings. The number of halogens is 1. The van der Waals surface area contributed by atoms with Gasteiger partial charge in [-0.15, -0.1) is 0 Å². The number of ether oxygens (including phenoxy) is 1. The average molecular weight is 431 g/mol. The molecule has 1 fully saturated rings. The number of carbonyl (C=O) groups is 3. The highest BCUT2D eigenvalue weighted by molar-refractivity contribution is 9.10. The SMILES string of the molecule is Cc1ccccc1N1C[C@H](C(=O)OCC(=O)Nc2ccc(Br)cc2)CC1=O. The molecule has 0 aliphatic carbocycles. The van der Waals surface area contributed by atoms with Gasteiger partial charge in [0.25, 0.3) is 5.91 Å². The zero-order chi connectivity index (χ0) is 19.4. The normalized spacial score (nSPS) is 16.3. The maximum absolute atomic E-state index is 12.3. The van der Waals surface area contributed by atoms with Crippen molar-refractivity contribution in [2.24, 2.45) is 5.92 Å². The Morgan fingerprint density at radius 2 is 1.89 bits per heavy atom. The molecule has 2 aromatic rings. The Bertz CT molecular complexity index is 867. The lowest BCUT2D eigenvalue weighted by atomic mass is 10.1. The number of benzene rings is 2. The third kappa shape index (κ3) is 4.74. The molecule has 0 radical (unpaired) electrons. The van der Waals surface area contributed by atoms with Crippen molar-refractivity contribution in [2.75, 3.05) is 23.4 Å². The lowest BCUT2D eigenvalue weighted by Gasteiger charge is -2.18. The monoisotopic (exact) mass is 430 g/mol. The van der Waals surface area contributed by atoms with E-state index in [2.05, 4.69) is 21.2 Å². The number of hydrogen-bond donors (Lipinski definition) is 1. The van der Waals surface area contributed by atoms with Gasteiger partial charge in [-0.25, -0.2) is 0 Å². The van der Waals surface area contributed by atoms with E-state index >= 15 is 0 Å². The van der Waals surface area contributed by atoms with Crippen molar-refractivity contribution in [1.29, 1.82) is 0 Å². The summed E-state index contributed by atoms with van der Waals surface area (Å²) in [6, 6.07) is 14.6. The minimum atomic E-state index is -0.572. The fourth-order valence-corrected chi connectivity index (χ4v) is 3.21. The van der Waals surface area contributed by atoms with E-state index in [1.54, 1.807) is 29.2 Å². The van der Waals surface area contributed by atoms with Gasteiger partial charge in [0, 0.05) is 28.8 Å². The van der Waals surface area contributed by atoms with E-state index in [1.165, 1.54) is 0 Å². The van der Waals surface area contributed by atoms with Crippen LogP contribution in [0.15, 0.2) is 53.0 Å². The summed E-state index contributed by atoms with van der Waals surface area (Å²) in [5.41, 5.74) is 2.38. The predicted molar refractivity (Wildman–Crippen MR) is 105 cm³/mol. The number of hydrogen-bond acceptors (Lipinski definition) is 4. The molecular weight excluding hydrogens is 412 g/mol. The Morgan fingerprint density at radius 1 is 1.19 bits per heavy atom. The van der Waals surface area contributed by atoms with Gasteiger partial charge in [-0.05, 0) is 42.8 Å². The Morgan fingerprint density at radius 3 is 2.59 bits per heavy atom. The Labute approximate surface area is 165 Å². The van der Waals surface area contributed by atoms with Crippen LogP contribution in [0.4, 0.5) is 11.4 Å². The summed E-state index contributed by atoms with van der Waals surface area (Å²) in [6.45, 7) is 1.79. The van der Waals surface area contributed by atoms with Gasteiger partial charge in [0.05, 0.1) is 5.92 Å². The molecule has 0 spiro atoms. The van der Waals surface area contributed by atoms with Crippen molar-refractivity contribution in [3.8, 4) is 0 Å². The van der Waals surface area contributed by atoms with E-state index in [9.17, 15) is 14.4 Å². The summed E-state index contributed by atoms with van der Waals surface area (Å²) in [5, 5.41) is 2.65. The van der Waals surface area contributed by atoms with Gasteiger partial charge in [-0.1, -0.05) is 34.1 Å². The van der Waals surface area contributed by atoms with Crippen LogP contribution in [0.3, 0.4) is 0 Å². The molecule has 7 heteroatoms. The molecule has 2 amide bonds. The first-order valence-corrected chi connectivity index (χ1v) is 9.31. The fraction of sp³-hybridized carbons (Fsp3) is 0.250. The first-order valence-electron chi connectivity index (χ1n) is 8.52. The van der Waals surface area contributed by atoms with Crippen LogP contribution in [0.1, 0.15) is 12.0 Å². The zero-order valence-corrected chi connectivity index (χ0v) is 16.4. The van der Waals surface area contributed by atoms with Gasteiger partial charge in [-0.2, -0.15) is 0 Å². The van der Waals surface area contributed by atoms with Crippen LogP contribution in [-0.2, 0) is 19.1 Å². The van der Waals surface area contributed by atoms with Crippen LogP contribution in [0.2, 0.25) is 0 Å². The summed E-state index contributed by atoms with van der Waals surface area (Å²) >= 11 is 3.32. The van der Waals surface area contributed by atoms with Gasteiger partial charge in [0.15, 0.2) is 6.61 Å². The van der Waals surface area contributed by atoms with Crippen LogP contribution in [-0.4, -0.2) is 30.9 Å². The maximum Gasteiger partial charge on any atom is 0.311 e. The van der Waals surface area contributed by atoms with Gasteiger partial charge in [-0.3, -0.25) is 14.4 Å². The van der Waals surface area contributed by atoms with Crippen LogP contribution < -0.4 is 10.2 Å². The van der Waals surface area contributed by atoms with Gasteiger partial charge >= 0.3 is 5.97 Å². The first-order chi connectivity index (χ1) is 12.9. The Kier molecular flexibility index (Phi) is 5.91. The molecule has 0 saturated carbocycles. The molecule has 27 heavy (non-hydrogen) atoms. The summed E-state index contributed by atoms with van der Waals surface area (Å²) in [6.07, 6.45) is 0.0848. The summed E-state index contributed by atoms with van der Waals surface area (Å²) in [7, 11) is 0. The molecule has 0 unspecified atom stereocenters. The van der Waals surface area contributed by atoms with Gasteiger partial charge in [0.2, 0.25) is 5.91 Å². The number of para-hydroxylation sites is 1. The van der Waals surface area contributed by atoms with Crippen molar-refractivity contribution in [3.05, 3.63) is 58.6 Å². The molecule has 140 valence electrons. The topological polar surface area (TPSA) is 75.7 Å². The molecule has 0 aromatic heterocycles. The molecule has 1 heterocycles. The lowest BCUT2D eigenvalue weighted by Crippen LogP contribution is -2.28. The Balaban J connectivity index is 1.53. The van der Waals surface area contributed by atoms with Crippen LogP contribution in [0, 0.1) is 12.8 Å². The third-order valence-corrected chi connectivity index (χ3v) is 4.87. The van der Waals surface area contributed by atoms with E-state index in [4.69, 9.17) is 4.74 Å². The summed E-state index contributed by atoms with van der Waals surface area (Å²) < 4.78 is 6.01.